The molecule has 0 radical (unpaired) electrons. The first kappa shape index (κ1) is 36.7. The molecule has 14 aromatic rings. The van der Waals surface area contributed by atoms with Crippen LogP contribution in [-0.2, 0) is 0 Å². The van der Waals surface area contributed by atoms with Crippen LogP contribution in [0, 0.1) is 0 Å². The lowest BCUT2D eigenvalue weighted by Crippen LogP contribution is -1.94. The van der Waals surface area contributed by atoms with Gasteiger partial charge in [0.15, 0.2) is 0 Å². The normalized spacial score (nSPS) is 11.9. The molecule has 0 aliphatic heterocycles. The molecular weight excluding hydrogens is 799 g/mol. The molecule has 12 aromatic carbocycles. The molecular formula is C64H39NO. The fourth-order valence-corrected chi connectivity index (χ4v) is 11.3. The first-order valence-corrected chi connectivity index (χ1v) is 22.8. The summed E-state index contributed by atoms with van der Waals surface area (Å²) >= 11 is 0. The Kier molecular flexibility index (Phi) is 8.02. The molecule has 2 aromatic heterocycles. The summed E-state index contributed by atoms with van der Waals surface area (Å²) in [5, 5.41) is 14.5. The summed E-state index contributed by atoms with van der Waals surface area (Å²) < 4.78 is 9.45. The average molecular weight is 838 g/mol. The van der Waals surface area contributed by atoms with Gasteiger partial charge in [0.2, 0.25) is 0 Å². The van der Waals surface area contributed by atoms with Crippen LogP contribution in [-0.4, -0.2) is 4.57 Å². The molecule has 2 heteroatoms. The summed E-state index contributed by atoms with van der Waals surface area (Å²) in [6.07, 6.45) is 0. The predicted molar refractivity (Wildman–Crippen MR) is 280 cm³/mol. The van der Waals surface area contributed by atoms with Crippen molar-refractivity contribution in [3.8, 4) is 50.2 Å². The van der Waals surface area contributed by atoms with Crippen molar-refractivity contribution in [3.05, 3.63) is 237 Å². The van der Waals surface area contributed by atoms with Crippen molar-refractivity contribution in [2.45, 2.75) is 0 Å². The molecule has 0 atom stereocenters. The Morgan fingerprint density at radius 2 is 0.712 bits per heavy atom. The fraction of sp³-hybridized carbons (Fsp3) is 0. The second-order valence-electron chi connectivity index (χ2n) is 17.4. The van der Waals surface area contributed by atoms with Crippen molar-refractivity contribution in [1.29, 1.82) is 0 Å². The third kappa shape index (κ3) is 5.30. The van der Waals surface area contributed by atoms with Gasteiger partial charge in [-0.05, 0) is 113 Å². The largest absolute Gasteiger partial charge is 0.455 e. The topological polar surface area (TPSA) is 18.1 Å². The van der Waals surface area contributed by atoms with Gasteiger partial charge >= 0.3 is 0 Å². The van der Waals surface area contributed by atoms with Crippen molar-refractivity contribution in [1.82, 2.24) is 4.57 Å². The zero-order valence-electron chi connectivity index (χ0n) is 35.9. The molecule has 2 heterocycles. The zero-order chi connectivity index (χ0) is 43.3. The fourth-order valence-electron chi connectivity index (χ4n) is 11.3. The van der Waals surface area contributed by atoms with Crippen LogP contribution in [0.25, 0.3) is 137 Å². The van der Waals surface area contributed by atoms with Crippen LogP contribution in [0.1, 0.15) is 0 Å². The van der Waals surface area contributed by atoms with Gasteiger partial charge < -0.3 is 8.98 Å². The second kappa shape index (κ2) is 14.4. The van der Waals surface area contributed by atoms with Crippen LogP contribution < -0.4 is 0 Å². The third-order valence-corrected chi connectivity index (χ3v) is 14.0. The van der Waals surface area contributed by atoms with Crippen molar-refractivity contribution in [2.75, 3.05) is 0 Å². The van der Waals surface area contributed by atoms with E-state index in [2.05, 4.69) is 241 Å². The highest BCUT2D eigenvalue weighted by Gasteiger charge is 2.24. The molecule has 0 bridgehead atoms. The summed E-state index contributed by atoms with van der Waals surface area (Å²) in [6, 6.07) is 86.3. The molecule has 0 saturated carbocycles. The lowest BCUT2D eigenvalue weighted by atomic mass is 9.84. The maximum absolute atomic E-state index is 7.04. The van der Waals surface area contributed by atoms with E-state index >= 15 is 0 Å². The van der Waals surface area contributed by atoms with Gasteiger partial charge in [0.05, 0.1) is 11.0 Å². The Morgan fingerprint density at radius 1 is 0.273 bits per heavy atom. The maximum atomic E-state index is 7.04. The van der Waals surface area contributed by atoms with E-state index in [1.165, 1.54) is 104 Å². The first-order valence-electron chi connectivity index (χ1n) is 22.8. The summed E-state index contributed by atoms with van der Waals surface area (Å²) in [7, 11) is 0. The molecule has 66 heavy (non-hydrogen) atoms. The molecule has 0 spiro atoms. The van der Waals surface area contributed by atoms with Gasteiger partial charge in [-0.2, -0.15) is 0 Å². The van der Waals surface area contributed by atoms with E-state index in [4.69, 9.17) is 4.42 Å². The number of furan rings is 1. The monoisotopic (exact) mass is 837 g/mol. The molecule has 0 amide bonds. The molecule has 0 aliphatic carbocycles. The van der Waals surface area contributed by atoms with E-state index in [0.717, 1.165) is 33.2 Å². The van der Waals surface area contributed by atoms with Gasteiger partial charge in [0, 0.05) is 38.4 Å². The average Bonchev–Trinajstić information content (AvgIpc) is 3.94. The predicted octanol–water partition coefficient (Wildman–Crippen LogP) is 18.0. The summed E-state index contributed by atoms with van der Waals surface area (Å²) in [5.74, 6) is 0. The molecule has 0 aliphatic rings. The van der Waals surface area contributed by atoms with Crippen molar-refractivity contribution < 1.29 is 4.42 Å². The Labute approximate surface area is 380 Å². The first-order chi connectivity index (χ1) is 32.8. The molecule has 0 unspecified atom stereocenters. The molecule has 0 N–H and O–H groups in total. The lowest BCUT2D eigenvalue weighted by Gasteiger charge is -2.18. The van der Waals surface area contributed by atoms with E-state index in [0.29, 0.717) is 0 Å². The Hall–Kier alpha value is -8.72. The molecule has 306 valence electrons. The van der Waals surface area contributed by atoms with Crippen molar-refractivity contribution in [3.63, 3.8) is 0 Å². The smallest absolute Gasteiger partial charge is 0.143 e. The Morgan fingerprint density at radius 3 is 1.32 bits per heavy atom. The standard InChI is InChI=1S/C64H39NO/c1-3-19-40(20-4-1)59-43-23-7-9-25-45(43)60(46-26-10-8-24-44(46)59)41-37-38-58-55(39-41)51-32-17-34-54(64(51)66-58)62-49-29-13-11-27-47(49)61(48-28-12-14-30-50(48)62)53-33-18-36-57-63(53)52-31-15-16-35-56(52)65(57)42-21-5-2-6-22-42/h1-39H. The Bertz CT molecular complexity index is 4160. The van der Waals surface area contributed by atoms with Crippen LogP contribution in [0.4, 0.5) is 0 Å². The highest BCUT2D eigenvalue weighted by atomic mass is 16.3. The minimum Gasteiger partial charge on any atom is -0.455 e. The summed E-state index contributed by atoms with van der Waals surface area (Å²) in [6.45, 7) is 0. The van der Waals surface area contributed by atoms with E-state index < -0.39 is 0 Å². The number of fused-ring (bicyclic) bond motifs is 10. The van der Waals surface area contributed by atoms with Crippen LogP contribution in [0.2, 0.25) is 0 Å². The van der Waals surface area contributed by atoms with E-state index in [9.17, 15) is 0 Å². The van der Waals surface area contributed by atoms with Gasteiger partial charge in [0.25, 0.3) is 0 Å². The minimum absolute atomic E-state index is 0.877. The minimum atomic E-state index is 0.877. The SMILES string of the molecule is c1ccc(-c2c3ccccc3c(-c3ccc4oc5c(-c6c7ccccc7c(-c7cccc8c7c7ccccc7n8-c7ccccc7)c7ccccc67)cccc5c4c3)c3ccccc23)cc1. The second-order valence-corrected chi connectivity index (χ2v) is 17.4. The molecule has 14 rings (SSSR count). The summed E-state index contributed by atoms with van der Waals surface area (Å²) in [5.41, 5.74) is 15.0. The number of para-hydroxylation sites is 3. The highest BCUT2D eigenvalue weighted by Crippen LogP contribution is 2.50. The van der Waals surface area contributed by atoms with Crippen LogP contribution in [0.15, 0.2) is 241 Å². The number of hydrogen-bond acceptors (Lipinski definition) is 1. The maximum Gasteiger partial charge on any atom is 0.143 e. The molecule has 0 saturated heterocycles. The quantitative estimate of drug-likeness (QED) is 0.158. The van der Waals surface area contributed by atoms with E-state index in [1.54, 1.807) is 0 Å². The van der Waals surface area contributed by atoms with Gasteiger partial charge in [-0.1, -0.05) is 200 Å². The van der Waals surface area contributed by atoms with Crippen LogP contribution in [0.3, 0.4) is 0 Å². The summed E-state index contributed by atoms with van der Waals surface area (Å²) in [4.78, 5) is 0. The molecule has 2 nitrogen and oxygen atoms in total. The van der Waals surface area contributed by atoms with Crippen LogP contribution in [0.5, 0.6) is 0 Å². The zero-order valence-corrected chi connectivity index (χ0v) is 35.9. The molecule has 0 fully saturated rings. The third-order valence-electron chi connectivity index (χ3n) is 14.0. The lowest BCUT2D eigenvalue weighted by molar-refractivity contribution is 0.670. The van der Waals surface area contributed by atoms with Gasteiger partial charge in [-0.25, -0.2) is 0 Å². The number of hydrogen-bond donors (Lipinski definition) is 0. The number of nitrogens with zero attached hydrogens (tertiary/aromatic N) is 1. The highest BCUT2D eigenvalue weighted by molar-refractivity contribution is 6.28. The van der Waals surface area contributed by atoms with E-state index in [-0.39, 0.29) is 0 Å². The van der Waals surface area contributed by atoms with Gasteiger partial charge in [-0.3, -0.25) is 0 Å². The van der Waals surface area contributed by atoms with E-state index in [1.807, 2.05) is 0 Å². The number of benzene rings is 12. The number of rotatable bonds is 5. The van der Waals surface area contributed by atoms with Crippen LogP contribution >= 0.6 is 0 Å². The van der Waals surface area contributed by atoms with Crippen molar-refractivity contribution in [2.24, 2.45) is 0 Å². The number of aromatic nitrogens is 1. The Balaban J connectivity index is 1.01. The van der Waals surface area contributed by atoms with Gasteiger partial charge in [-0.15, -0.1) is 0 Å². The van der Waals surface area contributed by atoms with Crippen molar-refractivity contribution >= 4 is 86.8 Å². The van der Waals surface area contributed by atoms with Gasteiger partial charge in [0.1, 0.15) is 11.2 Å².